The van der Waals surface area contributed by atoms with Crippen LogP contribution in [0.15, 0.2) is 36.4 Å². The zero-order valence-corrected chi connectivity index (χ0v) is 10.8. The lowest BCUT2D eigenvalue weighted by Crippen LogP contribution is -2.14. The average Bonchev–Trinajstić information content (AvgIpc) is 2.34. The lowest BCUT2D eigenvalue weighted by atomic mass is 10.2. The third kappa shape index (κ3) is 3.52. The van der Waals surface area contributed by atoms with E-state index in [9.17, 15) is 4.39 Å². The van der Waals surface area contributed by atoms with Crippen molar-refractivity contribution in [2.75, 3.05) is 0 Å². The fourth-order valence-corrected chi connectivity index (χ4v) is 1.89. The Labute approximate surface area is 111 Å². The van der Waals surface area contributed by atoms with Gasteiger partial charge in [-0.2, -0.15) is 0 Å². The van der Waals surface area contributed by atoms with E-state index < -0.39 is 0 Å². The number of benzene rings is 1. The molecule has 4 heteroatoms. The number of nitrogens with one attached hydrogen (secondary N) is 1. The summed E-state index contributed by atoms with van der Waals surface area (Å²) in [4.78, 5) is 4.37. The Hall–Kier alpha value is -1.45. The zero-order chi connectivity index (χ0) is 13.0. The van der Waals surface area contributed by atoms with Crippen molar-refractivity contribution in [1.82, 2.24) is 10.3 Å². The second-order valence-electron chi connectivity index (χ2n) is 4.11. The minimum atomic E-state index is -0.273. The molecule has 0 unspecified atom stereocenters. The van der Waals surface area contributed by atoms with E-state index in [1.165, 1.54) is 12.1 Å². The third-order valence-corrected chi connectivity index (χ3v) is 2.94. The molecule has 94 valence electrons. The van der Waals surface area contributed by atoms with Crippen molar-refractivity contribution in [2.45, 2.75) is 20.0 Å². The van der Waals surface area contributed by atoms with Crippen molar-refractivity contribution < 1.29 is 4.39 Å². The fourth-order valence-electron chi connectivity index (χ4n) is 1.70. The zero-order valence-electron chi connectivity index (χ0n) is 10.1. The fraction of sp³-hybridized carbons (Fsp3) is 0.214. The van der Waals surface area contributed by atoms with Crippen LogP contribution < -0.4 is 5.32 Å². The molecular weight excluding hydrogens is 251 g/mol. The molecule has 0 fully saturated rings. The molecule has 0 aliphatic rings. The summed E-state index contributed by atoms with van der Waals surface area (Å²) >= 11 is 5.98. The maximum atomic E-state index is 13.1. The van der Waals surface area contributed by atoms with E-state index >= 15 is 0 Å². The van der Waals surface area contributed by atoms with E-state index in [1.807, 2.05) is 25.1 Å². The van der Waals surface area contributed by atoms with Gasteiger partial charge in [0, 0.05) is 23.8 Å². The number of hydrogen-bond acceptors (Lipinski definition) is 2. The van der Waals surface area contributed by atoms with Crippen molar-refractivity contribution >= 4 is 11.6 Å². The maximum Gasteiger partial charge on any atom is 0.123 e. The highest BCUT2D eigenvalue weighted by Gasteiger charge is 2.02. The van der Waals surface area contributed by atoms with Gasteiger partial charge in [-0.1, -0.05) is 17.7 Å². The van der Waals surface area contributed by atoms with Crippen LogP contribution in [0.2, 0.25) is 5.02 Å². The molecule has 2 nitrogen and oxygen atoms in total. The van der Waals surface area contributed by atoms with Crippen LogP contribution in [0.1, 0.15) is 17.0 Å². The minimum absolute atomic E-state index is 0.273. The Bertz CT molecular complexity index is 543. The van der Waals surface area contributed by atoms with E-state index in [0.29, 0.717) is 18.1 Å². The Morgan fingerprint density at radius 2 is 2.06 bits per heavy atom. The van der Waals surface area contributed by atoms with Crippen molar-refractivity contribution in [3.63, 3.8) is 0 Å². The van der Waals surface area contributed by atoms with E-state index in [1.54, 1.807) is 6.07 Å². The number of halogens is 2. The summed E-state index contributed by atoms with van der Waals surface area (Å²) in [6, 6.07) is 10.2. The van der Waals surface area contributed by atoms with Gasteiger partial charge in [0.15, 0.2) is 0 Å². The van der Waals surface area contributed by atoms with Crippen molar-refractivity contribution in [3.8, 4) is 0 Å². The molecule has 1 aromatic carbocycles. The molecule has 0 amide bonds. The highest BCUT2D eigenvalue weighted by Crippen LogP contribution is 2.16. The summed E-state index contributed by atoms with van der Waals surface area (Å²) in [5.74, 6) is -0.273. The van der Waals surface area contributed by atoms with Gasteiger partial charge in [-0.05, 0) is 42.8 Å². The van der Waals surface area contributed by atoms with Crippen molar-refractivity contribution in [2.24, 2.45) is 0 Å². The maximum absolute atomic E-state index is 13.1. The lowest BCUT2D eigenvalue weighted by molar-refractivity contribution is 0.619. The Kier molecular flexibility index (Phi) is 4.28. The van der Waals surface area contributed by atoms with Crippen LogP contribution >= 0.6 is 11.6 Å². The molecule has 0 aliphatic carbocycles. The van der Waals surface area contributed by atoms with E-state index in [4.69, 9.17) is 11.6 Å². The van der Waals surface area contributed by atoms with Crippen LogP contribution in [0.5, 0.6) is 0 Å². The minimum Gasteiger partial charge on any atom is -0.307 e. The molecule has 2 rings (SSSR count). The van der Waals surface area contributed by atoms with Crippen LogP contribution in [0.3, 0.4) is 0 Å². The summed E-state index contributed by atoms with van der Waals surface area (Å²) < 4.78 is 13.1. The molecule has 18 heavy (non-hydrogen) atoms. The van der Waals surface area contributed by atoms with E-state index in [0.717, 1.165) is 17.0 Å². The lowest BCUT2D eigenvalue weighted by Gasteiger charge is -2.07. The van der Waals surface area contributed by atoms with Crippen LogP contribution in [0.4, 0.5) is 4.39 Å². The molecule has 1 aromatic heterocycles. The van der Waals surface area contributed by atoms with Crippen LogP contribution in [0, 0.1) is 12.7 Å². The monoisotopic (exact) mass is 264 g/mol. The van der Waals surface area contributed by atoms with Gasteiger partial charge in [0.1, 0.15) is 5.82 Å². The average molecular weight is 265 g/mol. The number of rotatable bonds is 4. The highest BCUT2D eigenvalue weighted by molar-refractivity contribution is 6.31. The molecule has 0 atom stereocenters. The highest BCUT2D eigenvalue weighted by atomic mass is 35.5. The second-order valence-corrected chi connectivity index (χ2v) is 4.52. The quantitative estimate of drug-likeness (QED) is 0.915. The first-order chi connectivity index (χ1) is 8.65. The van der Waals surface area contributed by atoms with Gasteiger partial charge in [0.05, 0.1) is 5.69 Å². The topological polar surface area (TPSA) is 24.9 Å². The van der Waals surface area contributed by atoms with Crippen molar-refractivity contribution in [1.29, 1.82) is 0 Å². The Balaban J connectivity index is 1.94. The van der Waals surface area contributed by atoms with Crippen LogP contribution in [0.25, 0.3) is 0 Å². The number of aromatic nitrogens is 1. The van der Waals surface area contributed by atoms with Gasteiger partial charge in [-0.25, -0.2) is 4.39 Å². The molecule has 2 aromatic rings. The first-order valence-corrected chi connectivity index (χ1v) is 6.10. The number of aryl methyl sites for hydroxylation is 1. The van der Waals surface area contributed by atoms with E-state index in [-0.39, 0.29) is 5.82 Å². The van der Waals surface area contributed by atoms with Gasteiger partial charge in [-0.3, -0.25) is 4.98 Å². The van der Waals surface area contributed by atoms with Crippen molar-refractivity contribution in [3.05, 3.63) is 64.2 Å². The number of pyridine rings is 1. The van der Waals surface area contributed by atoms with Gasteiger partial charge >= 0.3 is 0 Å². The largest absolute Gasteiger partial charge is 0.307 e. The molecule has 0 bridgehead atoms. The molecule has 0 spiro atoms. The van der Waals surface area contributed by atoms with Gasteiger partial charge in [0.25, 0.3) is 0 Å². The molecule has 0 saturated heterocycles. The molecule has 0 radical (unpaired) electrons. The van der Waals surface area contributed by atoms with Crippen LogP contribution in [-0.2, 0) is 13.1 Å². The second kappa shape index (κ2) is 5.94. The van der Waals surface area contributed by atoms with Crippen LogP contribution in [-0.4, -0.2) is 4.98 Å². The molecule has 0 aliphatic heterocycles. The Morgan fingerprint density at radius 1 is 1.22 bits per heavy atom. The standard InChI is InChI=1S/C14H14ClFN2/c1-10-3-2-4-13(18-10)9-17-8-11-7-12(16)5-6-14(11)15/h2-7,17H,8-9H2,1H3. The summed E-state index contributed by atoms with van der Waals surface area (Å²) in [5, 5.41) is 3.77. The molecule has 1 N–H and O–H groups in total. The normalized spacial score (nSPS) is 10.6. The smallest absolute Gasteiger partial charge is 0.123 e. The predicted octanol–water partition coefficient (Wildman–Crippen LogP) is 3.47. The summed E-state index contributed by atoms with van der Waals surface area (Å²) in [5.41, 5.74) is 2.70. The third-order valence-electron chi connectivity index (χ3n) is 2.58. The first-order valence-electron chi connectivity index (χ1n) is 5.72. The summed E-state index contributed by atoms with van der Waals surface area (Å²) in [6.07, 6.45) is 0. The SMILES string of the molecule is Cc1cccc(CNCc2cc(F)ccc2Cl)n1. The van der Waals surface area contributed by atoms with Gasteiger partial charge in [0.2, 0.25) is 0 Å². The molecule has 1 heterocycles. The summed E-state index contributed by atoms with van der Waals surface area (Å²) in [6.45, 7) is 3.10. The first kappa shape index (κ1) is 13.0. The summed E-state index contributed by atoms with van der Waals surface area (Å²) in [7, 11) is 0. The molecular formula is C14H14ClFN2. The van der Waals surface area contributed by atoms with E-state index in [2.05, 4.69) is 10.3 Å². The van der Waals surface area contributed by atoms with Gasteiger partial charge < -0.3 is 5.32 Å². The Morgan fingerprint density at radius 3 is 2.83 bits per heavy atom. The number of hydrogen-bond donors (Lipinski definition) is 1. The number of nitrogens with zero attached hydrogens (tertiary/aromatic N) is 1. The molecule has 0 saturated carbocycles. The van der Waals surface area contributed by atoms with Gasteiger partial charge in [-0.15, -0.1) is 0 Å². The predicted molar refractivity (Wildman–Crippen MR) is 70.9 cm³/mol.